The van der Waals surface area contributed by atoms with Gasteiger partial charge in [-0.2, -0.15) is 0 Å². The molecule has 0 aliphatic heterocycles. The number of ether oxygens (including phenoxy) is 1. The molecule has 0 heterocycles. The second-order valence-electron chi connectivity index (χ2n) is 6.68. The highest BCUT2D eigenvalue weighted by atomic mass is 32.2. The molecule has 2 aromatic rings. The number of amides is 1. The number of nitrogens with zero attached hydrogens (tertiary/aromatic N) is 1. The van der Waals surface area contributed by atoms with Gasteiger partial charge in [0.1, 0.15) is 11.6 Å². The van der Waals surface area contributed by atoms with Gasteiger partial charge in [0.2, 0.25) is 15.9 Å². The Labute approximate surface area is 171 Å². The predicted octanol–water partition coefficient (Wildman–Crippen LogP) is 3.65. The van der Waals surface area contributed by atoms with Gasteiger partial charge in [0.15, 0.2) is 0 Å². The van der Waals surface area contributed by atoms with Crippen LogP contribution in [0.5, 0.6) is 5.75 Å². The summed E-state index contributed by atoms with van der Waals surface area (Å²) in [4.78, 5) is 12.3. The first-order valence-corrected chi connectivity index (χ1v) is 11.3. The summed E-state index contributed by atoms with van der Waals surface area (Å²) < 4.78 is 44.4. The van der Waals surface area contributed by atoms with E-state index in [1.165, 1.54) is 16.4 Å². The van der Waals surface area contributed by atoms with Crippen molar-refractivity contribution < 1.29 is 22.3 Å². The van der Waals surface area contributed by atoms with E-state index in [1.54, 1.807) is 36.4 Å². The zero-order valence-corrected chi connectivity index (χ0v) is 17.7. The Morgan fingerprint density at radius 1 is 1.17 bits per heavy atom. The van der Waals surface area contributed by atoms with Crippen LogP contribution in [0.15, 0.2) is 48.5 Å². The van der Waals surface area contributed by atoms with Crippen LogP contribution in [-0.4, -0.2) is 33.7 Å². The number of hydrogen-bond acceptors (Lipinski definition) is 4. The Hall–Kier alpha value is -2.61. The zero-order valence-electron chi connectivity index (χ0n) is 16.9. The first kappa shape index (κ1) is 22.7. The van der Waals surface area contributed by atoms with Gasteiger partial charge in [0.25, 0.3) is 0 Å². The maximum atomic E-state index is 13.0. The Morgan fingerprint density at radius 3 is 2.45 bits per heavy atom. The maximum Gasteiger partial charge on any atom is 0.232 e. The number of benzene rings is 2. The van der Waals surface area contributed by atoms with Crippen molar-refractivity contribution >= 4 is 21.6 Å². The largest absolute Gasteiger partial charge is 0.492 e. The monoisotopic (exact) mass is 422 g/mol. The van der Waals surface area contributed by atoms with Gasteiger partial charge in [0, 0.05) is 13.0 Å². The molecule has 158 valence electrons. The van der Waals surface area contributed by atoms with Crippen LogP contribution in [0, 0.1) is 5.82 Å². The molecule has 1 atom stereocenters. The van der Waals surface area contributed by atoms with Crippen LogP contribution in [0.4, 0.5) is 10.1 Å². The minimum Gasteiger partial charge on any atom is -0.492 e. The van der Waals surface area contributed by atoms with Gasteiger partial charge in [-0.05, 0) is 50.1 Å². The summed E-state index contributed by atoms with van der Waals surface area (Å²) >= 11 is 0. The molecule has 1 amide bonds. The summed E-state index contributed by atoms with van der Waals surface area (Å²) in [7, 11) is -3.54. The summed E-state index contributed by atoms with van der Waals surface area (Å²) in [6.07, 6.45) is 1.64. The molecule has 0 fully saturated rings. The number of halogens is 1. The molecular formula is C21H27FN2O4S. The highest BCUT2D eigenvalue weighted by Gasteiger charge is 2.21. The molecule has 0 bridgehead atoms. The lowest BCUT2D eigenvalue weighted by atomic mass is 10.1. The molecule has 1 N–H and O–H groups in total. The van der Waals surface area contributed by atoms with Crippen LogP contribution in [-0.2, 0) is 14.8 Å². The van der Waals surface area contributed by atoms with Crippen molar-refractivity contribution in [2.45, 2.75) is 32.7 Å². The molecule has 0 unspecified atom stereocenters. The van der Waals surface area contributed by atoms with Crippen LogP contribution in [0.2, 0.25) is 0 Å². The molecule has 2 rings (SSSR count). The van der Waals surface area contributed by atoms with Crippen LogP contribution >= 0.6 is 0 Å². The lowest BCUT2D eigenvalue weighted by Crippen LogP contribution is -2.33. The third-order valence-corrected chi connectivity index (χ3v) is 5.53. The van der Waals surface area contributed by atoms with E-state index < -0.39 is 10.0 Å². The van der Waals surface area contributed by atoms with Crippen LogP contribution < -0.4 is 14.4 Å². The summed E-state index contributed by atoms with van der Waals surface area (Å²) in [6.45, 7) is 4.21. The molecule has 0 saturated heterocycles. The first-order valence-electron chi connectivity index (χ1n) is 9.46. The van der Waals surface area contributed by atoms with Gasteiger partial charge >= 0.3 is 0 Å². The average Bonchev–Trinajstić information content (AvgIpc) is 2.66. The third-order valence-electron chi connectivity index (χ3n) is 4.35. The average molecular weight is 423 g/mol. The predicted molar refractivity (Wildman–Crippen MR) is 112 cm³/mol. The first-order chi connectivity index (χ1) is 13.7. The highest BCUT2D eigenvalue weighted by molar-refractivity contribution is 7.92. The smallest absolute Gasteiger partial charge is 0.232 e. The summed E-state index contributed by atoms with van der Waals surface area (Å²) in [6, 6.07) is 12.6. The summed E-state index contributed by atoms with van der Waals surface area (Å²) in [5.41, 5.74) is 1.25. The van der Waals surface area contributed by atoms with Crippen molar-refractivity contribution in [3.63, 3.8) is 0 Å². The fraction of sp³-hybridized carbons (Fsp3) is 0.381. The number of nitrogens with one attached hydrogen (secondary N) is 1. The minimum absolute atomic E-state index is 0.154. The van der Waals surface area contributed by atoms with Crippen molar-refractivity contribution in [1.29, 1.82) is 0 Å². The van der Waals surface area contributed by atoms with E-state index in [2.05, 4.69) is 5.32 Å². The lowest BCUT2D eigenvalue weighted by Gasteiger charge is -2.24. The molecule has 0 aliphatic carbocycles. The molecule has 0 aliphatic rings. The molecule has 0 aromatic heterocycles. The second-order valence-corrected chi connectivity index (χ2v) is 8.59. The quantitative estimate of drug-likeness (QED) is 0.634. The van der Waals surface area contributed by atoms with Crippen LogP contribution in [0.3, 0.4) is 0 Å². The topological polar surface area (TPSA) is 75.7 Å². The van der Waals surface area contributed by atoms with E-state index in [1.807, 2.05) is 13.8 Å². The Balaban J connectivity index is 1.98. The van der Waals surface area contributed by atoms with Gasteiger partial charge in [-0.1, -0.05) is 24.3 Å². The van der Waals surface area contributed by atoms with Gasteiger partial charge in [-0.3, -0.25) is 9.10 Å². The number of carbonyl (C=O) groups excluding carboxylic acids is 1. The van der Waals surface area contributed by atoms with Crippen LogP contribution in [0.1, 0.15) is 38.3 Å². The summed E-state index contributed by atoms with van der Waals surface area (Å²) in [5, 5.41) is 2.85. The zero-order chi connectivity index (χ0) is 21.4. The van der Waals surface area contributed by atoms with Crippen molar-refractivity contribution in [2.24, 2.45) is 0 Å². The molecule has 6 nitrogen and oxygen atoms in total. The Bertz CT molecular complexity index is 917. The van der Waals surface area contributed by atoms with E-state index in [-0.39, 0.29) is 30.7 Å². The van der Waals surface area contributed by atoms with E-state index >= 15 is 0 Å². The van der Waals surface area contributed by atoms with Crippen molar-refractivity contribution in [1.82, 2.24) is 5.32 Å². The molecule has 2 aromatic carbocycles. The van der Waals surface area contributed by atoms with Gasteiger partial charge in [-0.25, -0.2) is 12.8 Å². The van der Waals surface area contributed by atoms with Crippen molar-refractivity contribution in [2.75, 3.05) is 23.7 Å². The van der Waals surface area contributed by atoms with Crippen molar-refractivity contribution in [3.8, 4) is 5.75 Å². The van der Waals surface area contributed by atoms with E-state index in [4.69, 9.17) is 4.74 Å². The molecule has 0 saturated carbocycles. The molecule has 0 radical (unpaired) electrons. The molecule has 29 heavy (non-hydrogen) atoms. The second kappa shape index (κ2) is 10.2. The van der Waals surface area contributed by atoms with Gasteiger partial charge < -0.3 is 10.1 Å². The highest BCUT2D eigenvalue weighted by Crippen LogP contribution is 2.30. The van der Waals surface area contributed by atoms with E-state index in [9.17, 15) is 17.6 Å². The van der Waals surface area contributed by atoms with Gasteiger partial charge in [0.05, 0.1) is 24.6 Å². The number of rotatable bonds is 10. The summed E-state index contributed by atoms with van der Waals surface area (Å²) in [5.74, 6) is -0.0522. The third kappa shape index (κ3) is 6.74. The van der Waals surface area contributed by atoms with E-state index in [0.717, 1.165) is 11.8 Å². The molecule has 8 heteroatoms. The van der Waals surface area contributed by atoms with Gasteiger partial charge in [-0.15, -0.1) is 0 Å². The number of hydrogen-bond donors (Lipinski definition) is 1. The van der Waals surface area contributed by atoms with Crippen LogP contribution in [0.25, 0.3) is 0 Å². The SMILES string of the molecule is CCOc1ccccc1N(CCCC(=O)N[C@@H](C)c1ccc(F)cc1)S(C)(=O)=O. The lowest BCUT2D eigenvalue weighted by molar-refractivity contribution is -0.121. The number of anilines is 1. The number of sulfonamides is 1. The molecular weight excluding hydrogens is 395 g/mol. The minimum atomic E-state index is -3.54. The fourth-order valence-corrected chi connectivity index (χ4v) is 3.91. The van der Waals surface area contributed by atoms with Crippen molar-refractivity contribution in [3.05, 3.63) is 59.9 Å². The Kier molecular flexibility index (Phi) is 8.01. The standard InChI is InChI=1S/C21H27FN2O4S/c1-4-28-20-9-6-5-8-19(20)24(29(3,26)27)15-7-10-21(25)23-16(2)17-11-13-18(22)14-12-17/h5-6,8-9,11-14,16H,4,7,10,15H2,1-3H3,(H,23,25)/t16-/m0/s1. The normalized spacial score (nSPS) is 12.3. The van der Waals surface area contributed by atoms with E-state index in [0.29, 0.717) is 24.5 Å². The number of para-hydroxylation sites is 2. The number of carbonyl (C=O) groups is 1. The molecule has 0 spiro atoms. The maximum absolute atomic E-state index is 13.0. The Morgan fingerprint density at radius 2 is 1.83 bits per heavy atom. The fourth-order valence-electron chi connectivity index (χ4n) is 2.94.